The number of nitrogens with one attached hydrogen (secondary N) is 1. The van der Waals surface area contributed by atoms with E-state index in [-0.39, 0.29) is 5.91 Å². The minimum atomic E-state index is 0.0511. The highest BCUT2D eigenvalue weighted by Crippen LogP contribution is 2.34. The number of nitrogens with zero attached hydrogens (tertiary/aromatic N) is 2. The molecule has 0 aliphatic carbocycles. The van der Waals surface area contributed by atoms with Crippen LogP contribution in [0.5, 0.6) is 0 Å². The predicted octanol–water partition coefficient (Wildman–Crippen LogP) is 4.07. The van der Waals surface area contributed by atoms with Gasteiger partial charge in [-0.3, -0.25) is 4.79 Å². The van der Waals surface area contributed by atoms with Gasteiger partial charge in [-0.25, -0.2) is 0 Å². The van der Waals surface area contributed by atoms with Crippen molar-refractivity contribution in [2.24, 2.45) is 0 Å². The van der Waals surface area contributed by atoms with E-state index in [1.165, 1.54) is 31.4 Å². The Balaban J connectivity index is 1.56. The Bertz CT molecular complexity index is 747. The highest BCUT2D eigenvalue weighted by atomic mass is 16.1. The van der Waals surface area contributed by atoms with E-state index in [4.69, 9.17) is 0 Å². The Morgan fingerprint density at radius 3 is 2.19 bits per heavy atom. The molecule has 0 aromatic heterocycles. The normalized spacial score (nSPS) is 16.9. The van der Waals surface area contributed by atoms with E-state index in [2.05, 4.69) is 33.3 Å². The average Bonchev–Trinajstić information content (AvgIpc) is 3.36. The zero-order chi connectivity index (χ0) is 17.8. The van der Waals surface area contributed by atoms with E-state index in [0.29, 0.717) is 6.42 Å². The summed E-state index contributed by atoms with van der Waals surface area (Å²) in [5.41, 5.74) is 4.38. The van der Waals surface area contributed by atoms with Crippen molar-refractivity contribution in [3.05, 3.63) is 54.1 Å². The Morgan fingerprint density at radius 1 is 0.846 bits per heavy atom. The van der Waals surface area contributed by atoms with Gasteiger partial charge in [0.25, 0.3) is 0 Å². The van der Waals surface area contributed by atoms with E-state index in [1.807, 2.05) is 30.3 Å². The molecule has 4 heteroatoms. The van der Waals surface area contributed by atoms with Gasteiger partial charge in [0.2, 0.25) is 5.91 Å². The molecule has 2 aromatic carbocycles. The maximum Gasteiger partial charge on any atom is 0.228 e. The maximum absolute atomic E-state index is 12.6. The summed E-state index contributed by atoms with van der Waals surface area (Å²) in [6.07, 6.45) is 5.37. The summed E-state index contributed by atoms with van der Waals surface area (Å²) in [5, 5.41) is 3.19. The van der Waals surface area contributed by atoms with Gasteiger partial charge >= 0.3 is 0 Å². The maximum atomic E-state index is 12.6. The number of amides is 1. The van der Waals surface area contributed by atoms with Crippen LogP contribution in [0.25, 0.3) is 0 Å². The topological polar surface area (TPSA) is 35.6 Å². The molecule has 4 nitrogen and oxygen atoms in total. The molecule has 2 aliphatic rings. The Labute approximate surface area is 155 Å². The average molecular weight is 349 g/mol. The first-order valence-corrected chi connectivity index (χ1v) is 9.77. The molecule has 1 N–H and O–H groups in total. The van der Waals surface area contributed by atoms with E-state index in [1.54, 1.807) is 0 Å². The fraction of sp³-hybridized carbons (Fsp3) is 0.409. The lowest BCUT2D eigenvalue weighted by molar-refractivity contribution is -0.115. The van der Waals surface area contributed by atoms with Crippen LogP contribution in [-0.4, -0.2) is 32.1 Å². The Kier molecular flexibility index (Phi) is 5.09. The third-order valence-electron chi connectivity index (χ3n) is 5.38. The SMILES string of the molecule is O=C(Cc1ccccc1)Nc1cc(N2CCCC2)ccc1N1CCCC1. The quantitative estimate of drug-likeness (QED) is 0.884. The summed E-state index contributed by atoms with van der Waals surface area (Å²) in [6, 6.07) is 16.5. The van der Waals surface area contributed by atoms with Crippen molar-refractivity contribution in [3.8, 4) is 0 Å². The van der Waals surface area contributed by atoms with E-state index in [9.17, 15) is 4.79 Å². The number of carbonyl (C=O) groups excluding carboxylic acids is 1. The van der Waals surface area contributed by atoms with Gasteiger partial charge in [-0.1, -0.05) is 30.3 Å². The van der Waals surface area contributed by atoms with Crippen LogP contribution in [0.2, 0.25) is 0 Å². The second kappa shape index (κ2) is 7.81. The van der Waals surface area contributed by atoms with Crippen molar-refractivity contribution in [1.82, 2.24) is 0 Å². The van der Waals surface area contributed by atoms with E-state index in [0.717, 1.165) is 43.1 Å². The van der Waals surface area contributed by atoms with Crippen LogP contribution in [0.1, 0.15) is 31.2 Å². The van der Waals surface area contributed by atoms with Gasteiger partial charge < -0.3 is 15.1 Å². The molecule has 1 amide bonds. The van der Waals surface area contributed by atoms with Crippen molar-refractivity contribution in [1.29, 1.82) is 0 Å². The lowest BCUT2D eigenvalue weighted by Gasteiger charge is -2.25. The van der Waals surface area contributed by atoms with Crippen LogP contribution in [0.4, 0.5) is 17.1 Å². The van der Waals surface area contributed by atoms with Crippen LogP contribution in [0, 0.1) is 0 Å². The number of anilines is 3. The molecule has 0 unspecified atom stereocenters. The molecule has 2 saturated heterocycles. The fourth-order valence-electron chi connectivity index (χ4n) is 4.01. The number of hydrogen-bond acceptors (Lipinski definition) is 3. The Hall–Kier alpha value is -2.49. The minimum absolute atomic E-state index is 0.0511. The van der Waals surface area contributed by atoms with Crippen molar-refractivity contribution in [2.75, 3.05) is 41.3 Å². The van der Waals surface area contributed by atoms with Crippen LogP contribution < -0.4 is 15.1 Å². The second-order valence-electron chi connectivity index (χ2n) is 7.30. The zero-order valence-corrected chi connectivity index (χ0v) is 15.3. The van der Waals surface area contributed by atoms with Crippen LogP contribution >= 0.6 is 0 Å². The molecule has 0 atom stereocenters. The summed E-state index contributed by atoms with van der Waals surface area (Å²) < 4.78 is 0. The first-order valence-electron chi connectivity index (χ1n) is 9.77. The lowest BCUT2D eigenvalue weighted by atomic mass is 10.1. The van der Waals surface area contributed by atoms with Gasteiger partial charge in [-0.2, -0.15) is 0 Å². The van der Waals surface area contributed by atoms with E-state index < -0.39 is 0 Å². The van der Waals surface area contributed by atoms with Gasteiger partial charge in [-0.15, -0.1) is 0 Å². The highest BCUT2D eigenvalue weighted by molar-refractivity contribution is 5.96. The zero-order valence-electron chi connectivity index (χ0n) is 15.3. The largest absolute Gasteiger partial charge is 0.371 e. The van der Waals surface area contributed by atoms with Crippen molar-refractivity contribution >= 4 is 23.0 Å². The molecule has 2 fully saturated rings. The van der Waals surface area contributed by atoms with Crippen LogP contribution in [0.15, 0.2) is 48.5 Å². The molecule has 0 bridgehead atoms. The summed E-state index contributed by atoms with van der Waals surface area (Å²) in [5.74, 6) is 0.0511. The number of carbonyl (C=O) groups is 1. The predicted molar refractivity (Wildman–Crippen MR) is 108 cm³/mol. The molecule has 2 aliphatic heterocycles. The van der Waals surface area contributed by atoms with Gasteiger partial charge in [0.05, 0.1) is 17.8 Å². The summed E-state index contributed by atoms with van der Waals surface area (Å²) in [7, 11) is 0. The summed E-state index contributed by atoms with van der Waals surface area (Å²) in [6.45, 7) is 4.37. The molecule has 4 rings (SSSR count). The summed E-state index contributed by atoms with van der Waals surface area (Å²) >= 11 is 0. The van der Waals surface area contributed by atoms with Crippen LogP contribution in [-0.2, 0) is 11.2 Å². The van der Waals surface area contributed by atoms with Gasteiger partial charge in [0.15, 0.2) is 0 Å². The Morgan fingerprint density at radius 2 is 1.50 bits per heavy atom. The smallest absolute Gasteiger partial charge is 0.228 e. The lowest BCUT2D eigenvalue weighted by Crippen LogP contribution is -2.23. The number of rotatable bonds is 5. The van der Waals surface area contributed by atoms with Crippen molar-refractivity contribution in [2.45, 2.75) is 32.1 Å². The molecule has 136 valence electrons. The van der Waals surface area contributed by atoms with Gasteiger partial charge in [0, 0.05) is 31.9 Å². The van der Waals surface area contributed by atoms with E-state index >= 15 is 0 Å². The molecule has 2 heterocycles. The monoisotopic (exact) mass is 349 g/mol. The van der Waals surface area contributed by atoms with Gasteiger partial charge in [-0.05, 0) is 49.4 Å². The highest BCUT2D eigenvalue weighted by Gasteiger charge is 2.20. The third-order valence-corrected chi connectivity index (χ3v) is 5.38. The molecular formula is C22H27N3O. The standard InChI is InChI=1S/C22H27N3O/c26-22(16-18-8-2-1-3-9-18)23-20-17-19(24-12-4-5-13-24)10-11-21(20)25-14-6-7-15-25/h1-3,8-11,17H,4-7,12-16H2,(H,23,26). The molecule has 0 radical (unpaired) electrons. The molecule has 26 heavy (non-hydrogen) atoms. The first kappa shape index (κ1) is 17.0. The van der Waals surface area contributed by atoms with Crippen molar-refractivity contribution in [3.63, 3.8) is 0 Å². The summed E-state index contributed by atoms with van der Waals surface area (Å²) in [4.78, 5) is 17.5. The van der Waals surface area contributed by atoms with Crippen LogP contribution in [0.3, 0.4) is 0 Å². The molecule has 0 saturated carbocycles. The second-order valence-corrected chi connectivity index (χ2v) is 7.30. The van der Waals surface area contributed by atoms with Crippen molar-refractivity contribution < 1.29 is 4.79 Å². The molecule has 0 spiro atoms. The fourth-order valence-corrected chi connectivity index (χ4v) is 4.01. The first-order chi connectivity index (χ1) is 12.8. The number of benzene rings is 2. The third kappa shape index (κ3) is 3.85. The van der Waals surface area contributed by atoms with Gasteiger partial charge in [0.1, 0.15) is 0 Å². The minimum Gasteiger partial charge on any atom is -0.371 e. The molecule has 2 aromatic rings. The molecular weight excluding hydrogens is 322 g/mol. The number of hydrogen-bond donors (Lipinski definition) is 1.